The first-order chi connectivity index (χ1) is 13.2. The number of anilines is 1. The highest BCUT2D eigenvalue weighted by Gasteiger charge is 2.39. The highest BCUT2D eigenvalue weighted by molar-refractivity contribution is 5.88. The molecule has 3 heterocycles. The molecule has 1 aromatic carbocycles. The van der Waals surface area contributed by atoms with Crippen LogP contribution in [0.4, 0.5) is 5.69 Å². The van der Waals surface area contributed by atoms with Crippen molar-refractivity contribution in [3.8, 4) is 5.88 Å². The molecule has 0 radical (unpaired) electrons. The molecule has 3 atom stereocenters. The number of likely N-dealkylation sites (tertiary alicyclic amines) is 1. The van der Waals surface area contributed by atoms with Gasteiger partial charge in [0, 0.05) is 47.7 Å². The zero-order chi connectivity index (χ0) is 18.4. The summed E-state index contributed by atoms with van der Waals surface area (Å²) >= 11 is 0. The van der Waals surface area contributed by atoms with Gasteiger partial charge in [-0.25, -0.2) is 4.98 Å². The Bertz CT molecular complexity index is 949. The molecule has 1 aliphatic carbocycles. The van der Waals surface area contributed by atoms with Gasteiger partial charge in [-0.3, -0.25) is 0 Å². The molecule has 0 saturated carbocycles. The third-order valence-corrected chi connectivity index (χ3v) is 6.13. The Kier molecular flexibility index (Phi) is 4.05. The smallest absolute Gasteiger partial charge is 0.213 e. The van der Waals surface area contributed by atoms with E-state index in [1.165, 1.54) is 22.0 Å². The quantitative estimate of drug-likeness (QED) is 0.741. The second-order valence-electron chi connectivity index (χ2n) is 7.80. The van der Waals surface area contributed by atoms with Crippen molar-refractivity contribution >= 4 is 16.6 Å². The maximum atomic E-state index is 5.45. The van der Waals surface area contributed by atoms with Gasteiger partial charge in [0.05, 0.1) is 18.5 Å². The Hall–Kier alpha value is -2.53. The molecule has 27 heavy (non-hydrogen) atoms. The van der Waals surface area contributed by atoms with Gasteiger partial charge in [0.25, 0.3) is 0 Å². The molecule has 0 bridgehead atoms. The second kappa shape index (κ2) is 6.57. The van der Waals surface area contributed by atoms with Crippen LogP contribution in [0.1, 0.15) is 30.4 Å². The lowest BCUT2D eigenvalue weighted by Crippen LogP contribution is -2.51. The summed E-state index contributed by atoms with van der Waals surface area (Å²) in [7, 11) is 2.26. The molecule has 2 unspecified atom stereocenters. The van der Waals surface area contributed by atoms with Gasteiger partial charge in [0.15, 0.2) is 0 Å². The topological polar surface area (TPSA) is 53.2 Å². The van der Waals surface area contributed by atoms with Crippen LogP contribution in [0.15, 0.2) is 42.7 Å². The fraction of sp³-hybridized carbons (Fsp3) is 0.409. The number of nitrogens with one attached hydrogen (secondary N) is 2. The highest BCUT2D eigenvalue weighted by Crippen LogP contribution is 2.43. The normalized spacial score (nSPS) is 24.6. The number of piperidine rings is 1. The first kappa shape index (κ1) is 16.6. The second-order valence-corrected chi connectivity index (χ2v) is 7.80. The van der Waals surface area contributed by atoms with Crippen LogP contribution in [0.2, 0.25) is 0 Å². The summed E-state index contributed by atoms with van der Waals surface area (Å²) in [6.45, 7) is 3.66. The number of hydrogen-bond acceptors (Lipinski definition) is 4. The summed E-state index contributed by atoms with van der Waals surface area (Å²) in [5.74, 6) is 1.24. The molecule has 1 saturated heterocycles. The van der Waals surface area contributed by atoms with Crippen LogP contribution in [0.25, 0.3) is 10.9 Å². The zero-order valence-corrected chi connectivity index (χ0v) is 15.9. The van der Waals surface area contributed by atoms with E-state index in [2.05, 4.69) is 57.7 Å². The van der Waals surface area contributed by atoms with Gasteiger partial charge in [-0.1, -0.05) is 12.1 Å². The maximum absolute atomic E-state index is 5.45. The van der Waals surface area contributed by atoms with Crippen molar-refractivity contribution in [3.63, 3.8) is 0 Å². The molecule has 3 aromatic rings. The zero-order valence-electron chi connectivity index (χ0n) is 15.9. The van der Waals surface area contributed by atoms with Crippen molar-refractivity contribution in [2.75, 3.05) is 25.5 Å². The van der Waals surface area contributed by atoms with E-state index < -0.39 is 0 Å². The lowest BCUT2D eigenvalue weighted by molar-refractivity contribution is 0.147. The number of ether oxygens (including phenoxy) is 1. The number of benzene rings is 1. The minimum atomic E-state index is 0.409. The average Bonchev–Trinajstić information content (AvgIpc) is 3.09. The van der Waals surface area contributed by atoms with Crippen LogP contribution in [-0.4, -0.2) is 47.2 Å². The molecule has 5 heteroatoms. The van der Waals surface area contributed by atoms with E-state index >= 15 is 0 Å². The highest BCUT2D eigenvalue weighted by atomic mass is 16.5. The van der Waals surface area contributed by atoms with Gasteiger partial charge >= 0.3 is 0 Å². The molecule has 5 nitrogen and oxygen atoms in total. The van der Waals surface area contributed by atoms with Crippen LogP contribution in [-0.2, 0) is 6.42 Å². The summed E-state index contributed by atoms with van der Waals surface area (Å²) in [4.78, 5) is 10.4. The third-order valence-electron chi connectivity index (χ3n) is 6.13. The first-order valence-electron chi connectivity index (χ1n) is 9.87. The van der Waals surface area contributed by atoms with E-state index in [1.54, 1.807) is 0 Å². The Morgan fingerprint density at radius 1 is 1.30 bits per heavy atom. The van der Waals surface area contributed by atoms with E-state index in [0.29, 0.717) is 30.5 Å². The van der Waals surface area contributed by atoms with Crippen LogP contribution < -0.4 is 10.1 Å². The van der Waals surface area contributed by atoms with E-state index in [1.807, 2.05) is 19.2 Å². The summed E-state index contributed by atoms with van der Waals surface area (Å²) in [6.07, 6.45) is 6.36. The van der Waals surface area contributed by atoms with Crippen LogP contribution in [0, 0.1) is 0 Å². The Morgan fingerprint density at radius 3 is 3.04 bits per heavy atom. The molecule has 0 spiro atoms. The largest absolute Gasteiger partial charge is 0.478 e. The fourth-order valence-corrected chi connectivity index (χ4v) is 4.98. The molecular formula is C22H26N4O. The number of hydrogen-bond donors (Lipinski definition) is 2. The number of fused-ring (bicyclic) bond motifs is 2. The minimum Gasteiger partial charge on any atom is -0.478 e. The SMILES string of the molecule is CCOc1ccc(NC2CC3c4cccc5[nH]cc(c45)C[C@H]3N(C)C2)cn1. The van der Waals surface area contributed by atoms with Crippen molar-refractivity contribution in [2.24, 2.45) is 0 Å². The molecular weight excluding hydrogens is 336 g/mol. The third kappa shape index (κ3) is 2.86. The van der Waals surface area contributed by atoms with Crippen molar-refractivity contribution in [3.05, 3.63) is 53.9 Å². The van der Waals surface area contributed by atoms with Gasteiger partial charge in [0.2, 0.25) is 5.88 Å². The van der Waals surface area contributed by atoms with E-state index in [9.17, 15) is 0 Å². The number of pyridine rings is 1. The molecule has 140 valence electrons. The molecule has 5 rings (SSSR count). The van der Waals surface area contributed by atoms with Gasteiger partial charge in [-0.05, 0) is 50.1 Å². The monoisotopic (exact) mass is 362 g/mol. The summed E-state index contributed by atoms with van der Waals surface area (Å²) in [6, 6.07) is 11.7. The van der Waals surface area contributed by atoms with Gasteiger partial charge in [0.1, 0.15) is 0 Å². The fourth-order valence-electron chi connectivity index (χ4n) is 4.98. The lowest BCUT2D eigenvalue weighted by Gasteiger charge is -2.45. The van der Waals surface area contributed by atoms with Crippen LogP contribution in [0.3, 0.4) is 0 Å². The minimum absolute atomic E-state index is 0.409. The van der Waals surface area contributed by atoms with Crippen LogP contribution >= 0.6 is 0 Å². The maximum Gasteiger partial charge on any atom is 0.213 e. The van der Waals surface area contributed by atoms with Crippen LogP contribution in [0.5, 0.6) is 5.88 Å². The molecule has 1 fully saturated rings. The summed E-state index contributed by atoms with van der Waals surface area (Å²) in [5.41, 5.74) is 5.31. The van der Waals surface area contributed by atoms with Gasteiger partial charge < -0.3 is 19.9 Å². The van der Waals surface area contributed by atoms with Crippen molar-refractivity contribution in [1.29, 1.82) is 0 Å². The first-order valence-corrected chi connectivity index (χ1v) is 9.87. The van der Waals surface area contributed by atoms with Crippen molar-refractivity contribution in [1.82, 2.24) is 14.9 Å². The van der Waals surface area contributed by atoms with Crippen molar-refractivity contribution in [2.45, 2.75) is 37.8 Å². The van der Waals surface area contributed by atoms with Gasteiger partial charge in [-0.15, -0.1) is 0 Å². The summed E-state index contributed by atoms with van der Waals surface area (Å²) in [5, 5.41) is 5.15. The molecule has 2 aliphatic rings. The molecule has 2 N–H and O–H groups in total. The summed E-state index contributed by atoms with van der Waals surface area (Å²) < 4.78 is 5.45. The van der Waals surface area contributed by atoms with E-state index in [0.717, 1.165) is 25.1 Å². The van der Waals surface area contributed by atoms with E-state index in [-0.39, 0.29) is 0 Å². The van der Waals surface area contributed by atoms with Crippen molar-refractivity contribution < 1.29 is 4.74 Å². The van der Waals surface area contributed by atoms with Gasteiger partial charge in [-0.2, -0.15) is 0 Å². The lowest BCUT2D eigenvalue weighted by atomic mass is 9.74. The molecule has 1 aliphatic heterocycles. The Balaban J connectivity index is 1.39. The number of rotatable bonds is 4. The predicted octanol–water partition coefficient (Wildman–Crippen LogP) is 3.79. The number of aromatic nitrogens is 2. The standard InChI is InChI=1S/C22H26N4O/c1-3-27-21-8-7-15(12-24-21)25-16-10-18-17-5-4-6-19-22(17)14(11-23-19)9-20(18)26(2)13-16/h4-8,11-12,16,18,20,23,25H,3,9-10,13H2,1-2H3/t16?,18?,20-/m1/s1. The Morgan fingerprint density at radius 2 is 2.22 bits per heavy atom. The number of likely N-dealkylation sites (N-methyl/N-ethyl adjacent to an activating group) is 1. The average molecular weight is 362 g/mol. The number of aromatic amines is 1. The number of H-pyrrole nitrogens is 1. The Labute approximate surface area is 159 Å². The van der Waals surface area contributed by atoms with E-state index in [4.69, 9.17) is 4.74 Å². The molecule has 0 amide bonds. The molecule has 2 aromatic heterocycles. The number of nitrogens with zero attached hydrogens (tertiary/aromatic N) is 2. The predicted molar refractivity (Wildman–Crippen MR) is 109 cm³/mol.